The van der Waals surface area contributed by atoms with Crippen LogP contribution in [0.15, 0.2) is 91.0 Å². The topological polar surface area (TPSA) is 57.2 Å². The SMILES string of the molecule is O[C@H]1O[C@H](COCc2ccccc2)[C@@H](OCc2ccccc2)[C@H](OCc2ccccc2)[C@H]1Cl. The summed E-state index contributed by atoms with van der Waals surface area (Å²) in [5.74, 6) is 0. The van der Waals surface area contributed by atoms with Gasteiger partial charge in [-0.25, -0.2) is 0 Å². The van der Waals surface area contributed by atoms with Gasteiger partial charge in [-0.2, -0.15) is 0 Å². The Morgan fingerprint density at radius 3 is 1.64 bits per heavy atom. The molecule has 0 amide bonds. The van der Waals surface area contributed by atoms with Crippen LogP contribution in [0.5, 0.6) is 0 Å². The quantitative estimate of drug-likeness (QED) is 0.437. The van der Waals surface area contributed by atoms with Gasteiger partial charge in [0.15, 0.2) is 6.29 Å². The Morgan fingerprint density at radius 2 is 1.12 bits per heavy atom. The van der Waals surface area contributed by atoms with Crippen LogP contribution in [0.4, 0.5) is 0 Å². The zero-order valence-electron chi connectivity index (χ0n) is 18.3. The van der Waals surface area contributed by atoms with Gasteiger partial charge in [0.2, 0.25) is 0 Å². The summed E-state index contributed by atoms with van der Waals surface area (Å²) >= 11 is 6.55. The lowest BCUT2D eigenvalue weighted by Crippen LogP contribution is -2.58. The van der Waals surface area contributed by atoms with Gasteiger partial charge in [0.25, 0.3) is 0 Å². The highest BCUT2D eigenvalue weighted by Gasteiger charge is 2.46. The van der Waals surface area contributed by atoms with Gasteiger partial charge in [-0.1, -0.05) is 91.0 Å². The fourth-order valence-electron chi connectivity index (χ4n) is 3.81. The first-order valence-corrected chi connectivity index (χ1v) is 11.5. The average molecular weight is 469 g/mol. The molecule has 33 heavy (non-hydrogen) atoms. The van der Waals surface area contributed by atoms with E-state index in [-0.39, 0.29) is 6.61 Å². The van der Waals surface area contributed by atoms with Crippen molar-refractivity contribution in [2.45, 2.75) is 49.8 Å². The van der Waals surface area contributed by atoms with E-state index in [1.165, 1.54) is 0 Å². The predicted molar refractivity (Wildman–Crippen MR) is 127 cm³/mol. The van der Waals surface area contributed by atoms with Crippen molar-refractivity contribution in [1.82, 2.24) is 0 Å². The van der Waals surface area contributed by atoms with Gasteiger partial charge in [0, 0.05) is 0 Å². The molecule has 3 aromatic rings. The fourth-order valence-corrected chi connectivity index (χ4v) is 4.09. The first-order valence-electron chi connectivity index (χ1n) is 11.1. The number of aliphatic hydroxyl groups is 1. The minimum absolute atomic E-state index is 0.236. The molecule has 0 spiro atoms. The van der Waals surface area contributed by atoms with E-state index in [1.54, 1.807) is 0 Å². The average Bonchev–Trinajstić information content (AvgIpc) is 2.86. The van der Waals surface area contributed by atoms with Crippen molar-refractivity contribution in [1.29, 1.82) is 0 Å². The summed E-state index contributed by atoms with van der Waals surface area (Å²) in [5, 5.41) is 9.71. The second kappa shape index (κ2) is 12.3. The molecular formula is C27H29ClO5. The monoisotopic (exact) mass is 468 g/mol. The lowest BCUT2D eigenvalue weighted by molar-refractivity contribution is -0.262. The van der Waals surface area contributed by atoms with Gasteiger partial charge in [0.05, 0.1) is 26.4 Å². The summed E-state index contributed by atoms with van der Waals surface area (Å²) in [7, 11) is 0. The second-order valence-electron chi connectivity index (χ2n) is 8.03. The lowest BCUT2D eigenvalue weighted by atomic mass is 10.0. The Kier molecular flexibility index (Phi) is 8.89. The number of alkyl halides is 1. The number of ether oxygens (including phenoxy) is 4. The summed E-state index contributed by atoms with van der Waals surface area (Å²) in [6.45, 7) is 1.39. The number of benzene rings is 3. The van der Waals surface area contributed by atoms with Crippen LogP contribution in [-0.2, 0) is 38.8 Å². The van der Waals surface area contributed by atoms with Crippen molar-refractivity contribution in [3.8, 4) is 0 Å². The van der Waals surface area contributed by atoms with Crippen LogP contribution in [0.3, 0.4) is 0 Å². The van der Waals surface area contributed by atoms with Crippen molar-refractivity contribution in [2.75, 3.05) is 6.61 Å². The first-order chi connectivity index (χ1) is 16.2. The Morgan fingerprint density at radius 1 is 0.667 bits per heavy atom. The molecule has 5 nitrogen and oxygen atoms in total. The largest absolute Gasteiger partial charge is 0.374 e. The summed E-state index contributed by atoms with van der Waals surface area (Å²) in [6.07, 6.45) is -2.82. The molecule has 0 unspecified atom stereocenters. The molecule has 0 bridgehead atoms. The van der Waals surface area contributed by atoms with E-state index in [9.17, 15) is 5.11 Å². The second-order valence-corrected chi connectivity index (χ2v) is 8.54. The van der Waals surface area contributed by atoms with E-state index in [2.05, 4.69) is 0 Å². The summed E-state index contributed by atoms with van der Waals surface area (Å²) in [6, 6.07) is 29.6. The maximum atomic E-state index is 10.5. The van der Waals surface area contributed by atoms with E-state index in [1.807, 2.05) is 91.0 Å². The van der Waals surface area contributed by atoms with Crippen molar-refractivity contribution in [2.24, 2.45) is 0 Å². The number of halogens is 1. The van der Waals surface area contributed by atoms with Crippen LogP contribution < -0.4 is 0 Å². The summed E-state index contributed by atoms with van der Waals surface area (Å²) < 4.78 is 24.2. The van der Waals surface area contributed by atoms with Gasteiger partial charge in [-0.05, 0) is 16.7 Å². The normalized spacial score (nSPS) is 25.1. The molecule has 174 valence electrons. The molecule has 1 aliphatic heterocycles. The smallest absolute Gasteiger partial charge is 0.174 e. The maximum absolute atomic E-state index is 10.5. The number of rotatable bonds is 10. The van der Waals surface area contributed by atoms with E-state index in [4.69, 9.17) is 30.5 Å². The molecule has 0 radical (unpaired) electrons. The van der Waals surface area contributed by atoms with Crippen LogP contribution in [0.25, 0.3) is 0 Å². The highest BCUT2D eigenvalue weighted by Crippen LogP contribution is 2.30. The third-order valence-electron chi connectivity index (χ3n) is 5.55. The summed E-state index contributed by atoms with van der Waals surface area (Å²) in [5.41, 5.74) is 3.10. The Labute approximate surface area is 199 Å². The highest BCUT2D eigenvalue weighted by atomic mass is 35.5. The molecular weight excluding hydrogens is 440 g/mol. The molecule has 0 saturated carbocycles. The van der Waals surface area contributed by atoms with Gasteiger partial charge < -0.3 is 24.1 Å². The molecule has 0 aliphatic carbocycles. The molecule has 1 fully saturated rings. The van der Waals surface area contributed by atoms with E-state index < -0.39 is 30.0 Å². The molecule has 1 aliphatic rings. The molecule has 0 aromatic heterocycles. The third kappa shape index (κ3) is 6.87. The molecule has 1 N–H and O–H groups in total. The molecule has 1 saturated heterocycles. The van der Waals surface area contributed by atoms with E-state index in [0.717, 1.165) is 16.7 Å². The van der Waals surface area contributed by atoms with E-state index >= 15 is 0 Å². The van der Waals surface area contributed by atoms with Crippen LogP contribution in [0, 0.1) is 0 Å². The standard InChI is InChI=1S/C27H29ClO5/c28-24-26(32-18-22-14-8-3-9-15-22)25(31-17-21-12-6-2-7-13-21)23(33-27(24)29)19-30-16-20-10-4-1-5-11-20/h1-15,23-27,29H,16-19H2/t23-,24-,25-,26-,27+/m1/s1. The zero-order valence-corrected chi connectivity index (χ0v) is 19.1. The first kappa shape index (κ1) is 23.9. The van der Waals surface area contributed by atoms with Gasteiger partial charge >= 0.3 is 0 Å². The van der Waals surface area contributed by atoms with Crippen molar-refractivity contribution in [3.63, 3.8) is 0 Å². The van der Waals surface area contributed by atoms with Crippen LogP contribution in [0.1, 0.15) is 16.7 Å². The van der Waals surface area contributed by atoms with Crippen LogP contribution >= 0.6 is 11.6 Å². The Bertz CT molecular complexity index is 941. The number of hydrogen-bond acceptors (Lipinski definition) is 5. The van der Waals surface area contributed by atoms with Crippen molar-refractivity contribution >= 4 is 11.6 Å². The van der Waals surface area contributed by atoms with Crippen LogP contribution in [-0.4, -0.2) is 41.7 Å². The maximum Gasteiger partial charge on any atom is 0.174 e. The minimum Gasteiger partial charge on any atom is -0.374 e. The minimum atomic E-state index is -1.19. The van der Waals surface area contributed by atoms with Crippen LogP contribution in [0.2, 0.25) is 0 Å². The molecule has 4 rings (SSSR count). The fraction of sp³-hybridized carbons (Fsp3) is 0.333. The molecule has 1 heterocycles. The van der Waals surface area contributed by atoms with Gasteiger partial charge in [-0.3, -0.25) is 0 Å². The Balaban J connectivity index is 1.46. The molecule has 6 heteroatoms. The van der Waals surface area contributed by atoms with Crippen molar-refractivity contribution < 1.29 is 24.1 Å². The van der Waals surface area contributed by atoms with E-state index in [0.29, 0.717) is 19.8 Å². The van der Waals surface area contributed by atoms with Crippen molar-refractivity contribution in [3.05, 3.63) is 108 Å². The highest BCUT2D eigenvalue weighted by molar-refractivity contribution is 6.21. The van der Waals surface area contributed by atoms with Gasteiger partial charge in [0.1, 0.15) is 23.7 Å². The molecule has 5 atom stereocenters. The zero-order chi connectivity index (χ0) is 22.9. The Hall–Kier alpha value is -2.25. The summed E-state index contributed by atoms with van der Waals surface area (Å²) in [4.78, 5) is 0. The third-order valence-corrected chi connectivity index (χ3v) is 6.02. The van der Waals surface area contributed by atoms with Gasteiger partial charge in [-0.15, -0.1) is 11.6 Å². The predicted octanol–water partition coefficient (Wildman–Crippen LogP) is 4.70. The number of aliphatic hydroxyl groups excluding tert-OH is 1. The molecule has 3 aromatic carbocycles. The number of hydrogen-bond donors (Lipinski definition) is 1. The lowest BCUT2D eigenvalue weighted by Gasteiger charge is -2.42.